The zero-order chi connectivity index (χ0) is 15.6. The van der Waals surface area contributed by atoms with Gasteiger partial charge in [-0.05, 0) is 41.0 Å². The minimum absolute atomic E-state index is 1.02. The van der Waals surface area contributed by atoms with E-state index in [1.807, 2.05) is 24.4 Å². The summed E-state index contributed by atoms with van der Waals surface area (Å²) in [5.74, 6) is 0. The van der Waals surface area contributed by atoms with Crippen molar-refractivity contribution >= 4 is 10.8 Å². The zero-order valence-corrected chi connectivity index (χ0v) is 13.0. The lowest BCUT2D eigenvalue weighted by atomic mass is 9.98. The van der Waals surface area contributed by atoms with Crippen LogP contribution in [0.3, 0.4) is 0 Å². The number of nitrogens with zero attached hydrogens (tertiary/aromatic N) is 1. The normalized spacial score (nSPS) is 10.8. The number of aromatic nitrogens is 1. The van der Waals surface area contributed by atoms with E-state index in [2.05, 4.69) is 72.6 Å². The van der Waals surface area contributed by atoms with Crippen molar-refractivity contribution in [2.75, 3.05) is 0 Å². The van der Waals surface area contributed by atoms with Crippen LogP contribution in [0.2, 0.25) is 0 Å². The van der Waals surface area contributed by atoms with Gasteiger partial charge in [-0.2, -0.15) is 0 Å². The van der Waals surface area contributed by atoms with E-state index in [0.717, 1.165) is 11.3 Å². The molecular formula is C22H17N. The molecule has 1 aromatic heterocycles. The highest BCUT2D eigenvalue weighted by Gasteiger charge is 2.06. The van der Waals surface area contributed by atoms with Crippen molar-refractivity contribution in [3.05, 3.63) is 90.6 Å². The van der Waals surface area contributed by atoms with Crippen LogP contribution in [0.5, 0.6) is 0 Å². The smallest absolute Gasteiger partial charge is 0.0705 e. The van der Waals surface area contributed by atoms with Crippen LogP contribution in [-0.2, 0) is 0 Å². The molecule has 0 atom stereocenters. The van der Waals surface area contributed by atoms with Crippen molar-refractivity contribution < 1.29 is 0 Å². The second-order valence-electron chi connectivity index (χ2n) is 5.81. The van der Waals surface area contributed by atoms with Crippen LogP contribution in [0.15, 0.2) is 85.1 Å². The monoisotopic (exact) mass is 295 g/mol. The average molecular weight is 295 g/mol. The summed E-state index contributed by atoms with van der Waals surface area (Å²) in [5, 5.41) is 2.53. The molecule has 0 N–H and O–H groups in total. The molecule has 4 aromatic rings. The summed E-state index contributed by atoms with van der Waals surface area (Å²) in [6.07, 6.45) is 1.99. The Morgan fingerprint density at radius 2 is 1.39 bits per heavy atom. The fourth-order valence-electron chi connectivity index (χ4n) is 2.98. The maximum Gasteiger partial charge on any atom is 0.0705 e. The molecule has 0 aliphatic carbocycles. The summed E-state index contributed by atoms with van der Waals surface area (Å²) in [6, 6.07) is 27.5. The molecule has 0 unspecified atom stereocenters. The molecule has 0 bridgehead atoms. The first-order valence-corrected chi connectivity index (χ1v) is 7.82. The Labute approximate surface area is 136 Å². The molecule has 0 saturated carbocycles. The van der Waals surface area contributed by atoms with Gasteiger partial charge in [0.05, 0.1) is 5.69 Å². The van der Waals surface area contributed by atoms with E-state index in [-0.39, 0.29) is 0 Å². The Bertz CT molecular complexity index is 971. The predicted octanol–water partition coefficient (Wildman–Crippen LogP) is 5.88. The molecule has 1 nitrogen and oxygen atoms in total. The molecule has 3 aromatic carbocycles. The molecule has 0 saturated heterocycles. The minimum atomic E-state index is 1.02. The van der Waals surface area contributed by atoms with E-state index in [1.54, 1.807) is 0 Å². The number of benzene rings is 3. The number of rotatable bonds is 2. The number of hydrogen-bond donors (Lipinski definition) is 0. The molecule has 0 fully saturated rings. The molecule has 0 aliphatic heterocycles. The summed E-state index contributed by atoms with van der Waals surface area (Å²) in [6.45, 7) is 2.15. The quantitative estimate of drug-likeness (QED) is 0.450. The predicted molar refractivity (Wildman–Crippen MR) is 97.4 cm³/mol. The molecule has 0 radical (unpaired) electrons. The Balaban J connectivity index is 1.79. The first-order chi connectivity index (χ1) is 11.3. The number of aryl methyl sites for hydroxylation is 1. The SMILES string of the molecule is Cc1cc(-c2ccccc2)ncc1-c1ccc2ccccc2c1. The highest BCUT2D eigenvalue weighted by atomic mass is 14.7. The number of pyridine rings is 1. The van der Waals surface area contributed by atoms with Gasteiger partial charge in [0, 0.05) is 17.3 Å². The summed E-state index contributed by atoms with van der Waals surface area (Å²) in [7, 11) is 0. The largest absolute Gasteiger partial charge is 0.256 e. The van der Waals surface area contributed by atoms with E-state index in [0.29, 0.717) is 0 Å². The van der Waals surface area contributed by atoms with Crippen LogP contribution in [0.1, 0.15) is 5.56 Å². The van der Waals surface area contributed by atoms with E-state index in [9.17, 15) is 0 Å². The Morgan fingerprint density at radius 1 is 0.652 bits per heavy atom. The topological polar surface area (TPSA) is 12.9 Å². The van der Waals surface area contributed by atoms with Crippen LogP contribution in [0.4, 0.5) is 0 Å². The lowest BCUT2D eigenvalue weighted by Crippen LogP contribution is -1.89. The summed E-state index contributed by atoms with van der Waals surface area (Å²) in [4.78, 5) is 4.67. The third-order valence-electron chi connectivity index (χ3n) is 4.24. The zero-order valence-electron chi connectivity index (χ0n) is 13.0. The number of hydrogen-bond acceptors (Lipinski definition) is 1. The molecule has 110 valence electrons. The third kappa shape index (κ3) is 2.62. The lowest BCUT2D eigenvalue weighted by Gasteiger charge is -2.09. The number of fused-ring (bicyclic) bond motifs is 1. The van der Waals surface area contributed by atoms with E-state index < -0.39 is 0 Å². The first-order valence-electron chi connectivity index (χ1n) is 7.82. The highest BCUT2D eigenvalue weighted by molar-refractivity contribution is 5.87. The molecular weight excluding hydrogens is 278 g/mol. The summed E-state index contributed by atoms with van der Waals surface area (Å²) < 4.78 is 0. The van der Waals surface area contributed by atoms with Gasteiger partial charge in [-0.25, -0.2) is 0 Å². The average Bonchev–Trinajstić information content (AvgIpc) is 2.62. The Kier molecular flexibility index (Phi) is 3.39. The maximum atomic E-state index is 4.67. The Hall–Kier alpha value is -2.93. The molecule has 1 heteroatoms. The van der Waals surface area contributed by atoms with Crippen LogP contribution in [0.25, 0.3) is 33.2 Å². The fraction of sp³-hybridized carbons (Fsp3) is 0.0455. The Morgan fingerprint density at radius 3 is 2.17 bits per heavy atom. The highest BCUT2D eigenvalue weighted by Crippen LogP contribution is 2.28. The van der Waals surface area contributed by atoms with E-state index in [1.165, 1.54) is 27.5 Å². The summed E-state index contributed by atoms with van der Waals surface area (Å²) >= 11 is 0. The van der Waals surface area contributed by atoms with Gasteiger partial charge in [-0.15, -0.1) is 0 Å². The van der Waals surface area contributed by atoms with Crippen LogP contribution >= 0.6 is 0 Å². The van der Waals surface area contributed by atoms with Gasteiger partial charge in [0.15, 0.2) is 0 Å². The van der Waals surface area contributed by atoms with Crippen molar-refractivity contribution in [1.82, 2.24) is 4.98 Å². The van der Waals surface area contributed by atoms with Gasteiger partial charge < -0.3 is 0 Å². The van der Waals surface area contributed by atoms with Gasteiger partial charge in [0.1, 0.15) is 0 Å². The van der Waals surface area contributed by atoms with Gasteiger partial charge in [-0.3, -0.25) is 4.98 Å². The van der Waals surface area contributed by atoms with Gasteiger partial charge >= 0.3 is 0 Å². The molecule has 0 aliphatic rings. The standard InChI is InChI=1S/C22H17N/c1-16-13-22(18-8-3-2-4-9-18)23-15-21(16)20-12-11-17-7-5-6-10-19(17)14-20/h2-15H,1H3. The maximum absolute atomic E-state index is 4.67. The molecule has 4 rings (SSSR count). The van der Waals surface area contributed by atoms with Crippen LogP contribution < -0.4 is 0 Å². The van der Waals surface area contributed by atoms with Crippen molar-refractivity contribution in [1.29, 1.82) is 0 Å². The molecule has 0 spiro atoms. The molecule has 0 amide bonds. The van der Waals surface area contributed by atoms with Crippen molar-refractivity contribution in [2.45, 2.75) is 6.92 Å². The van der Waals surface area contributed by atoms with Crippen LogP contribution in [0, 0.1) is 6.92 Å². The summed E-state index contributed by atoms with van der Waals surface area (Å²) in [5.41, 5.74) is 5.83. The first kappa shape index (κ1) is 13.7. The second-order valence-corrected chi connectivity index (χ2v) is 5.81. The van der Waals surface area contributed by atoms with Crippen molar-refractivity contribution in [2.24, 2.45) is 0 Å². The van der Waals surface area contributed by atoms with Gasteiger partial charge in [0.2, 0.25) is 0 Å². The van der Waals surface area contributed by atoms with E-state index in [4.69, 9.17) is 0 Å². The molecule has 1 heterocycles. The fourth-order valence-corrected chi connectivity index (χ4v) is 2.98. The van der Waals surface area contributed by atoms with Crippen molar-refractivity contribution in [3.8, 4) is 22.4 Å². The van der Waals surface area contributed by atoms with Crippen molar-refractivity contribution in [3.63, 3.8) is 0 Å². The van der Waals surface area contributed by atoms with Gasteiger partial charge in [-0.1, -0.05) is 66.7 Å². The third-order valence-corrected chi connectivity index (χ3v) is 4.24. The lowest BCUT2D eigenvalue weighted by molar-refractivity contribution is 1.29. The molecule has 23 heavy (non-hydrogen) atoms. The van der Waals surface area contributed by atoms with E-state index >= 15 is 0 Å². The minimum Gasteiger partial charge on any atom is -0.256 e. The second kappa shape index (κ2) is 5.69. The van der Waals surface area contributed by atoms with Crippen LogP contribution in [-0.4, -0.2) is 4.98 Å². The van der Waals surface area contributed by atoms with Gasteiger partial charge in [0.25, 0.3) is 0 Å².